The summed E-state index contributed by atoms with van der Waals surface area (Å²) < 4.78 is 0. The quantitative estimate of drug-likeness (QED) is 0.705. The first-order chi connectivity index (χ1) is 12.1. The van der Waals surface area contributed by atoms with Crippen molar-refractivity contribution >= 4 is 11.8 Å². The molecule has 0 aliphatic carbocycles. The van der Waals surface area contributed by atoms with Crippen LogP contribution in [-0.2, 0) is 6.54 Å². The lowest BCUT2D eigenvalue weighted by Gasteiger charge is -2.13. The molecule has 2 N–H and O–H groups in total. The van der Waals surface area contributed by atoms with Gasteiger partial charge in [0.1, 0.15) is 5.82 Å². The highest BCUT2D eigenvalue weighted by atomic mass is 15.1. The molecule has 0 atom stereocenters. The molecular weight excluding hydrogens is 310 g/mol. The molecule has 2 heterocycles. The van der Waals surface area contributed by atoms with Gasteiger partial charge in [0.2, 0.25) is 5.95 Å². The van der Waals surface area contributed by atoms with Crippen molar-refractivity contribution in [3.05, 3.63) is 66.0 Å². The van der Waals surface area contributed by atoms with E-state index in [1.165, 1.54) is 11.1 Å². The topological polar surface area (TPSA) is 62.7 Å². The number of aryl methyl sites for hydroxylation is 1. The highest BCUT2D eigenvalue weighted by molar-refractivity contribution is 5.64. The van der Waals surface area contributed by atoms with Crippen molar-refractivity contribution in [1.29, 1.82) is 0 Å². The first-order valence-electron chi connectivity index (χ1n) is 8.45. The van der Waals surface area contributed by atoms with Crippen LogP contribution in [-0.4, -0.2) is 21.0 Å². The van der Waals surface area contributed by atoms with Gasteiger partial charge in [0.25, 0.3) is 0 Å². The summed E-state index contributed by atoms with van der Waals surface area (Å²) in [6, 6.07) is 14.6. The van der Waals surface area contributed by atoms with E-state index >= 15 is 0 Å². The molecule has 5 nitrogen and oxygen atoms in total. The van der Waals surface area contributed by atoms with Gasteiger partial charge >= 0.3 is 0 Å². The minimum atomic E-state index is 0.262. The molecule has 0 fully saturated rings. The van der Waals surface area contributed by atoms with Crippen LogP contribution in [0.1, 0.15) is 25.0 Å². The van der Waals surface area contributed by atoms with E-state index in [2.05, 4.69) is 70.6 Å². The Morgan fingerprint density at radius 2 is 1.68 bits per heavy atom. The van der Waals surface area contributed by atoms with Gasteiger partial charge in [-0.25, -0.2) is 4.98 Å². The van der Waals surface area contributed by atoms with Gasteiger partial charge in [-0.3, -0.25) is 4.98 Å². The van der Waals surface area contributed by atoms with Crippen LogP contribution in [0.4, 0.5) is 11.8 Å². The van der Waals surface area contributed by atoms with Crippen LogP contribution in [0.25, 0.3) is 11.3 Å². The fourth-order valence-electron chi connectivity index (χ4n) is 2.43. The molecule has 0 saturated carbocycles. The molecule has 0 bridgehead atoms. The zero-order valence-electron chi connectivity index (χ0n) is 14.8. The predicted molar refractivity (Wildman–Crippen MR) is 103 cm³/mol. The maximum Gasteiger partial charge on any atom is 0.225 e. The van der Waals surface area contributed by atoms with Gasteiger partial charge in [-0.2, -0.15) is 4.98 Å². The lowest BCUT2D eigenvalue weighted by Crippen LogP contribution is -2.14. The number of nitrogens with zero attached hydrogens (tertiary/aromatic N) is 3. The molecule has 0 aliphatic rings. The van der Waals surface area contributed by atoms with E-state index in [-0.39, 0.29) is 6.04 Å². The van der Waals surface area contributed by atoms with Gasteiger partial charge in [0, 0.05) is 36.6 Å². The fourth-order valence-corrected chi connectivity index (χ4v) is 2.43. The van der Waals surface area contributed by atoms with Crippen LogP contribution in [0.5, 0.6) is 0 Å². The van der Waals surface area contributed by atoms with Crippen molar-refractivity contribution in [1.82, 2.24) is 15.0 Å². The molecule has 25 heavy (non-hydrogen) atoms. The lowest BCUT2D eigenvalue weighted by atomic mass is 10.1. The van der Waals surface area contributed by atoms with Crippen molar-refractivity contribution in [3.63, 3.8) is 0 Å². The largest absolute Gasteiger partial charge is 0.366 e. The summed E-state index contributed by atoms with van der Waals surface area (Å²) in [4.78, 5) is 13.3. The Kier molecular flexibility index (Phi) is 5.23. The minimum absolute atomic E-state index is 0.262. The minimum Gasteiger partial charge on any atom is -0.366 e. The highest BCUT2D eigenvalue weighted by Crippen LogP contribution is 2.21. The summed E-state index contributed by atoms with van der Waals surface area (Å²) in [5.74, 6) is 1.42. The third-order valence-corrected chi connectivity index (χ3v) is 3.71. The number of pyridine rings is 1. The molecule has 3 rings (SSSR count). The zero-order chi connectivity index (χ0) is 17.6. The average molecular weight is 333 g/mol. The van der Waals surface area contributed by atoms with Crippen LogP contribution in [0.15, 0.2) is 54.9 Å². The van der Waals surface area contributed by atoms with Gasteiger partial charge in [-0.1, -0.05) is 29.8 Å². The molecule has 0 aliphatic heterocycles. The second kappa shape index (κ2) is 7.75. The van der Waals surface area contributed by atoms with E-state index in [9.17, 15) is 0 Å². The summed E-state index contributed by atoms with van der Waals surface area (Å²) in [5, 5.41) is 6.68. The monoisotopic (exact) mass is 333 g/mol. The van der Waals surface area contributed by atoms with E-state index in [4.69, 9.17) is 0 Å². The second-order valence-electron chi connectivity index (χ2n) is 6.34. The Balaban J connectivity index is 1.85. The Hall–Kier alpha value is -2.95. The van der Waals surface area contributed by atoms with Gasteiger partial charge in [-0.05, 0) is 38.5 Å². The van der Waals surface area contributed by atoms with E-state index in [0.717, 1.165) is 17.1 Å². The van der Waals surface area contributed by atoms with Crippen molar-refractivity contribution in [2.45, 2.75) is 33.4 Å². The van der Waals surface area contributed by atoms with Crippen LogP contribution >= 0.6 is 0 Å². The number of benzene rings is 1. The lowest BCUT2D eigenvalue weighted by molar-refractivity contribution is 0.874. The molecule has 0 unspecified atom stereocenters. The van der Waals surface area contributed by atoms with Crippen LogP contribution in [0.3, 0.4) is 0 Å². The standard InChI is InChI=1S/C20H23N5/c1-14(2)23-20-24-18(17-8-10-21-11-9-17)12-19(25-20)22-13-16-6-4-15(3)5-7-16/h4-12,14H,13H2,1-3H3,(H2,22,23,24,25). The van der Waals surface area contributed by atoms with Gasteiger partial charge in [-0.15, -0.1) is 0 Å². The van der Waals surface area contributed by atoms with E-state index < -0.39 is 0 Å². The van der Waals surface area contributed by atoms with Crippen molar-refractivity contribution in [3.8, 4) is 11.3 Å². The van der Waals surface area contributed by atoms with Crippen molar-refractivity contribution < 1.29 is 0 Å². The number of aromatic nitrogens is 3. The molecule has 128 valence electrons. The molecule has 0 radical (unpaired) electrons. The normalized spacial score (nSPS) is 10.7. The van der Waals surface area contributed by atoms with Gasteiger partial charge in [0.15, 0.2) is 0 Å². The molecule has 5 heteroatoms. The third kappa shape index (κ3) is 4.76. The van der Waals surface area contributed by atoms with Crippen LogP contribution in [0.2, 0.25) is 0 Å². The molecule has 0 spiro atoms. The third-order valence-electron chi connectivity index (χ3n) is 3.71. The average Bonchev–Trinajstić information content (AvgIpc) is 2.61. The smallest absolute Gasteiger partial charge is 0.225 e. The Morgan fingerprint density at radius 3 is 2.36 bits per heavy atom. The zero-order valence-corrected chi connectivity index (χ0v) is 14.8. The second-order valence-corrected chi connectivity index (χ2v) is 6.34. The highest BCUT2D eigenvalue weighted by Gasteiger charge is 2.08. The Bertz CT molecular complexity index is 813. The van der Waals surface area contributed by atoms with Crippen LogP contribution < -0.4 is 10.6 Å². The molecule has 3 aromatic rings. The summed E-state index contributed by atoms with van der Waals surface area (Å²) in [6.45, 7) is 6.95. The SMILES string of the molecule is Cc1ccc(CNc2cc(-c3ccncc3)nc(NC(C)C)n2)cc1. The van der Waals surface area contributed by atoms with Crippen molar-refractivity contribution in [2.75, 3.05) is 10.6 Å². The summed E-state index contributed by atoms with van der Waals surface area (Å²) in [7, 11) is 0. The molecule has 0 amide bonds. The Labute approximate surface area is 148 Å². The number of anilines is 2. The summed E-state index contributed by atoms with van der Waals surface area (Å²) >= 11 is 0. The summed E-state index contributed by atoms with van der Waals surface area (Å²) in [6.07, 6.45) is 3.54. The molecule has 1 aromatic carbocycles. The van der Waals surface area contributed by atoms with Crippen LogP contribution in [0, 0.1) is 6.92 Å². The first-order valence-corrected chi connectivity index (χ1v) is 8.45. The maximum atomic E-state index is 4.62. The van der Waals surface area contributed by atoms with E-state index in [0.29, 0.717) is 12.5 Å². The fraction of sp³-hybridized carbons (Fsp3) is 0.250. The number of nitrogens with one attached hydrogen (secondary N) is 2. The van der Waals surface area contributed by atoms with Crippen molar-refractivity contribution in [2.24, 2.45) is 0 Å². The number of rotatable bonds is 6. The van der Waals surface area contributed by atoms with E-state index in [1.54, 1.807) is 12.4 Å². The predicted octanol–water partition coefficient (Wildman–Crippen LogP) is 4.28. The first kappa shape index (κ1) is 16.9. The molecule has 0 saturated heterocycles. The Morgan fingerprint density at radius 1 is 0.960 bits per heavy atom. The summed E-state index contributed by atoms with van der Waals surface area (Å²) in [5.41, 5.74) is 4.36. The molecular formula is C20H23N5. The maximum absolute atomic E-state index is 4.62. The van der Waals surface area contributed by atoms with Gasteiger partial charge < -0.3 is 10.6 Å². The van der Waals surface area contributed by atoms with Gasteiger partial charge in [0.05, 0.1) is 5.69 Å². The van der Waals surface area contributed by atoms with E-state index in [1.807, 2.05) is 18.2 Å². The number of hydrogen-bond acceptors (Lipinski definition) is 5. The molecule has 2 aromatic heterocycles. The number of hydrogen-bond donors (Lipinski definition) is 2.